The minimum atomic E-state index is -0.407. The highest BCUT2D eigenvalue weighted by molar-refractivity contribution is 5.32. The van der Waals surface area contributed by atoms with E-state index >= 15 is 0 Å². The quantitative estimate of drug-likeness (QED) is 0.221. The van der Waals surface area contributed by atoms with Crippen molar-refractivity contribution in [1.29, 1.82) is 0 Å². The van der Waals surface area contributed by atoms with E-state index in [4.69, 9.17) is 9.47 Å². The Labute approximate surface area is 117 Å². The Morgan fingerprint density at radius 3 is 2.05 bits per heavy atom. The summed E-state index contributed by atoms with van der Waals surface area (Å²) in [5, 5.41) is 0. The lowest BCUT2D eigenvalue weighted by molar-refractivity contribution is -0.216. The maximum atomic E-state index is 9.90. The highest BCUT2D eigenvalue weighted by Crippen LogP contribution is 2.26. The number of hydrogen-bond acceptors (Lipinski definition) is 4. The third-order valence-electron chi connectivity index (χ3n) is 3.55. The fourth-order valence-corrected chi connectivity index (χ4v) is 2.25. The number of methoxy groups -OCH3 is 2. The van der Waals surface area contributed by atoms with Crippen LogP contribution in [-0.2, 0) is 14.3 Å². The molecule has 0 aliphatic rings. The molecule has 0 saturated heterocycles. The van der Waals surface area contributed by atoms with Crippen molar-refractivity contribution in [2.24, 2.45) is 4.99 Å². The molecule has 0 radical (unpaired) electrons. The molecular weight excluding hydrogens is 242 g/mol. The molecule has 0 atom stereocenters. The maximum absolute atomic E-state index is 9.90. The van der Waals surface area contributed by atoms with Gasteiger partial charge < -0.3 is 9.47 Å². The highest BCUT2D eigenvalue weighted by atomic mass is 16.7. The van der Waals surface area contributed by atoms with Crippen LogP contribution in [0.2, 0.25) is 0 Å². The Balaban J connectivity index is 3.82. The zero-order valence-corrected chi connectivity index (χ0v) is 12.7. The molecule has 4 nitrogen and oxygen atoms in total. The first-order valence-corrected chi connectivity index (χ1v) is 7.38. The number of nitrogens with zero attached hydrogens (tertiary/aromatic N) is 1. The van der Waals surface area contributed by atoms with Gasteiger partial charge in [0.15, 0.2) is 5.79 Å². The molecule has 0 fully saturated rings. The Hall–Kier alpha value is -0.700. The van der Waals surface area contributed by atoms with Gasteiger partial charge in [-0.05, 0) is 19.3 Å². The molecule has 4 heteroatoms. The summed E-state index contributed by atoms with van der Waals surface area (Å²) < 4.78 is 11.2. The molecule has 0 aromatic heterocycles. The Bertz CT molecular complexity index is 246. The number of aliphatic imine (C=N–C) groups is 1. The summed E-state index contributed by atoms with van der Waals surface area (Å²) >= 11 is 0. The van der Waals surface area contributed by atoms with E-state index in [1.807, 2.05) is 0 Å². The van der Waals surface area contributed by atoms with Crippen molar-refractivity contribution in [3.8, 4) is 0 Å². The number of carbonyl (C=O) groups excluding carboxylic acids is 1. The number of ether oxygens (including phenoxy) is 2. The monoisotopic (exact) mass is 271 g/mol. The number of unbranched alkanes of at least 4 members (excludes halogenated alkanes) is 5. The topological polar surface area (TPSA) is 47.9 Å². The molecule has 0 unspecified atom stereocenters. The van der Waals surface area contributed by atoms with Gasteiger partial charge >= 0.3 is 0 Å². The second-order valence-corrected chi connectivity index (χ2v) is 4.91. The highest BCUT2D eigenvalue weighted by Gasteiger charge is 2.27. The number of isocyanates is 1. The average Bonchev–Trinajstić information content (AvgIpc) is 2.45. The van der Waals surface area contributed by atoms with E-state index in [1.54, 1.807) is 20.3 Å². The maximum Gasteiger partial charge on any atom is 0.234 e. The van der Waals surface area contributed by atoms with E-state index in [-0.39, 0.29) is 0 Å². The third-order valence-corrected chi connectivity index (χ3v) is 3.55. The molecule has 0 amide bonds. The number of hydrogen-bond donors (Lipinski definition) is 0. The first kappa shape index (κ1) is 18.3. The van der Waals surface area contributed by atoms with Crippen molar-refractivity contribution in [2.75, 3.05) is 20.8 Å². The standard InChI is InChI=1S/C15H29NO3/c1-4-5-8-11-15(18-2,19-3)12-9-6-7-10-13-16-14-17/h4-13H2,1-3H3. The molecule has 0 rings (SSSR count). The first-order valence-electron chi connectivity index (χ1n) is 7.38. The van der Waals surface area contributed by atoms with Crippen LogP contribution in [0.3, 0.4) is 0 Å². The minimum absolute atomic E-state index is 0.407. The van der Waals surface area contributed by atoms with Gasteiger partial charge in [-0.2, -0.15) is 0 Å². The van der Waals surface area contributed by atoms with Crippen LogP contribution >= 0.6 is 0 Å². The molecule has 0 aliphatic heterocycles. The molecular formula is C15H29NO3. The van der Waals surface area contributed by atoms with Crippen LogP contribution in [0, 0.1) is 0 Å². The Morgan fingerprint density at radius 1 is 0.947 bits per heavy atom. The van der Waals surface area contributed by atoms with E-state index in [0.717, 1.165) is 44.9 Å². The average molecular weight is 271 g/mol. The van der Waals surface area contributed by atoms with Crippen LogP contribution in [-0.4, -0.2) is 32.6 Å². The van der Waals surface area contributed by atoms with Gasteiger partial charge in [-0.15, -0.1) is 0 Å². The van der Waals surface area contributed by atoms with Crippen LogP contribution in [0.25, 0.3) is 0 Å². The summed E-state index contributed by atoms with van der Waals surface area (Å²) in [4.78, 5) is 13.4. The largest absolute Gasteiger partial charge is 0.353 e. The molecule has 0 saturated carbocycles. The van der Waals surface area contributed by atoms with Crippen molar-refractivity contribution in [2.45, 2.75) is 70.5 Å². The molecule has 0 bridgehead atoms. The van der Waals surface area contributed by atoms with Gasteiger partial charge in [0.2, 0.25) is 6.08 Å². The SMILES string of the molecule is CCCCCC(CCCCCCN=C=O)(OC)OC. The lowest BCUT2D eigenvalue weighted by atomic mass is 10.00. The molecule has 0 spiro atoms. The zero-order valence-electron chi connectivity index (χ0n) is 12.7. The zero-order chi connectivity index (χ0) is 14.4. The summed E-state index contributed by atoms with van der Waals surface area (Å²) in [6.45, 7) is 2.79. The summed E-state index contributed by atoms with van der Waals surface area (Å²) in [5.74, 6) is -0.407. The van der Waals surface area contributed by atoms with Crippen molar-refractivity contribution in [3.63, 3.8) is 0 Å². The minimum Gasteiger partial charge on any atom is -0.353 e. The van der Waals surface area contributed by atoms with E-state index in [9.17, 15) is 4.79 Å². The van der Waals surface area contributed by atoms with Gasteiger partial charge in [0.05, 0.1) is 6.54 Å². The fraction of sp³-hybridized carbons (Fsp3) is 0.933. The summed E-state index contributed by atoms with van der Waals surface area (Å²) in [6.07, 6.45) is 11.3. The van der Waals surface area contributed by atoms with Crippen molar-refractivity contribution < 1.29 is 14.3 Å². The molecule has 0 N–H and O–H groups in total. The van der Waals surface area contributed by atoms with Crippen molar-refractivity contribution in [1.82, 2.24) is 0 Å². The van der Waals surface area contributed by atoms with E-state index in [1.165, 1.54) is 12.8 Å². The second kappa shape index (κ2) is 12.3. The van der Waals surface area contributed by atoms with Gasteiger partial charge in [0.1, 0.15) is 0 Å². The van der Waals surface area contributed by atoms with Crippen molar-refractivity contribution >= 4 is 6.08 Å². The van der Waals surface area contributed by atoms with Crippen molar-refractivity contribution in [3.05, 3.63) is 0 Å². The predicted molar refractivity (Wildman–Crippen MR) is 77.0 cm³/mol. The lowest BCUT2D eigenvalue weighted by Gasteiger charge is -2.31. The van der Waals surface area contributed by atoms with E-state index in [2.05, 4.69) is 11.9 Å². The molecule has 112 valence electrons. The van der Waals surface area contributed by atoms with Crippen LogP contribution in [0.4, 0.5) is 0 Å². The second-order valence-electron chi connectivity index (χ2n) is 4.91. The Kier molecular flexibility index (Phi) is 11.9. The van der Waals surface area contributed by atoms with Crippen LogP contribution < -0.4 is 0 Å². The van der Waals surface area contributed by atoms with Crippen LogP contribution in [0.5, 0.6) is 0 Å². The van der Waals surface area contributed by atoms with Gasteiger partial charge in [-0.3, -0.25) is 0 Å². The molecule has 0 heterocycles. The predicted octanol–water partition coefficient (Wildman–Crippen LogP) is 3.84. The summed E-state index contributed by atoms with van der Waals surface area (Å²) in [7, 11) is 3.46. The van der Waals surface area contributed by atoms with Gasteiger partial charge in [0.25, 0.3) is 0 Å². The van der Waals surface area contributed by atoms with E-state index in [0.29, 0.717) is 6.54 Å². The summed E-state index contributed by atoms with van der Waals surface area (Å²) in [5.41, 5.74) is 0. The van der Waals surface area contributed by atoms with Gasteiger partial charge in [-0.25, -0.2) is 9.79 Å². The van der Waals surface area contributed by atoms with E-state index < -0.39 is 5.79 Å². The van der Waals surface area contributed by atoms with Gasteiger partial charge in [0, 0.05) is 27.1 Å². The Morgan fingerprint density at radius 2 is 1.53 bits per heavy atom. The molecule has 0 aromatic rings. The van der Waals surface area contributed by atoms with Crippen LogP contribution in [0.15, 0.2) is 4.99 Å². The molecule has 0 aromatic carbocycles. The smallest absolute Gasteiger partial charge is 0.234 e. The lowest BCUT2D eigenvalue weighted by Crippen LogP contribution is -2.33. The fourth-order valence-electron chi connectivity index (χ4n) is 2.25. The normalized spacial score (nSPS) is 11.3. The molecule has 0 aliphatic carbocycles. The molecule has 19 heavy (non-hydrogen) atoms. The summed E-state index contributed by atoms with van der Waals surface area (Å²) in [6, 6.07) is 0. The number of rotatable bonds is 13. The first-order chi connectivity index (χ1) is 9.24. The third kappa shape index (κ3) is 8.93. The van der Waals surface area contributed by atoms with Gasteiger partial charge in [-0.1, -0.05) is 32.6 Å². The van der Waals surface area contributed by atoms with Crippen LogP contribution in [0.1, 0.15) is 64.7 Å².